The lowest BCUT2D eigenvalue weighted by molar-refractivity contribution is -0.141. The molecule has 0 saturated carbocycles. The van der Waals surface area contributed by atoms with E-state index in [1.165, 1.54) is 7.11 Å². The Hall–Kier alpha value is -2.70. The van der Waals surface area contributed by atoms with Crippen LogP contribution in [-0.4, -0.2) is 29.2 Å². The molecule has 1 heterocycles. The van der Waals surface area contributed by atoms with E-state index in [9.17, 15) is 9.59 Å². The molecular formula is C14H15N3O4. The molecule has 0 spiro atoms. The second-order valence-electron chi connectivity index (χ2n) is 4.33. The van der Waals surface area contributed by atoms with Crippen molar-refractivity contribution < 1.29 is 18.7 Å². The summed E-state index contributed by atoms with van der Waals surface area (Å²) in [6, 6.07) is 7.04. The number of nitrogens with one attached hydrogen (secondary N) is 1. The Balaban J connectivity index is 2.01. The maximum Gasteiger partial charge on any atom is 0.306 e. The minimum atomic E-state index is -0.416. The molecule has 0 bridgehead atoms. The average Bonchev–Trinajstić information content (AvgIpc) is 2.91. The van der Waals surface area contributed by atoms with E-state index in [0.29, 0.717) is 23.0 Å². The van der Waals surface area contributed by atoms with Gasteiger partial charge in [-0.1, -0.05) is 6.07 Å². The quantitative estimate of drug-likeness (QED) is 0.845. The number of hydrogen-bond acceptors (Lipinski definition) is 6. The molecule has 21 heavy (non-hydrogen) atoms. The van der Waals surface area contributed by atoms with Crippen LogP contribution < -0.4 is 5.32 Å². The lowest BCUT2D eigenvalue weighted by Crippen LogP contribution is -2.13. The molecule has 2 rings (SSSR count). The van der Waals surface area contributed by atoms with Crippen LogP contribution in [0.5, 0.6) is 0 Å². The van der Waals surface area contributed by atoms with Gasteiger partial charge in [-0.15, -0.1) is 10.2 Å². The van der Waals surface area contributed by atoms with E-state index in [2.05, 4.69) is 20.3 Å². The lowest BCUT2D eigenvalue weighted by Gasteiger charge is -2.05. The number of carbonyl (C=O) groups excluding carboxylic acids is 2. The first-order valence-corrected chi connectivity index (χ1v) is 6.35. The molecule has 7 heteroatoms. The van der Waals surface area contributed by atoms with Crippen LogP contribution in [-0.2, 0) is 14.3 Å². The molecule has 1 N–H and O–H groups in total. The van der Waals surface area contributed by atoms with E-state index < -0.39 is 5.97 Å². The lowest BCUT2D eigenvalue weighted by atomic mass is 10.2. The van der Waals surface area contributed by atoms with Gasteiger partial charge in [0.15, 0.2) is 0 Å². The Bertz CT molecular complexity index is 651. The SMILES string of the molecule is COC(=O)CCC(=O)Nc1cccc(-c2nnc(C)o2)c1. The van der Waals surface area contributed by atoms with Crippen molar-refractivity contribution in [2.75, 3.05) is 12.4 Å². The predicted octanol–water partition coefficient (Wildman–Crippen LogP) is 1.94. The number of methoxy groups -OCH3 is 1. The third kappa shape index (κ3) is 4.13. The molecule has 0 unspecified atom stereocenters. The molecule has 0 radical (unpaired) electrons. The summed E-state index contributed by atoms with van der Waals surface area (Å²) < 4.78 is 9.81. The van der Waals surface area contributed by atoms with Crippen molar-refractivity contribution in [3.8, 4) is 11.5 Å². The van der Waals surface area contributed by atoms with E-state index in [4.69, 9.17) is 4.42 Å². The Morgan fingerprint density at radius 1 is 1.29 bits per heavy atom. The van der Waals surface area contributed by atoms with Crippen molar-refractivity contribution in [2.24, 2.45) is 0 Å². The maximum atomic E-state index is 11.7. The molecule has 0 aliphatic heterocycles. The fraction of sp³-hybridized carbons (Fsp3) is 0.286. The molecule has 110 valence electrons. The smallest absolute Gasteiger partial charge is 0.306 e. The highest BCUT2D eigenvalue weighted by atomic mass is 16.5. The number of benzene rings is 1. The number of aromatic nitrogens is 2. The second-order valence-corrected chi connectivity index (χ2v) is 4.33. The number of amides is 1. The number of hydrogen-bond donors (Lipinski definition) is 1. The summed E-state index contributed by atoms with van der Waals surface area (Å²) >= 11 is 0. The number of ether oxygens (including phenoxy) is 1. The van der Waals surface area contributed by atoms with E-state index in [1.54, 1.807) is 31.2 Å². The second kappa shape index (κ2) is 6.65. The van der Waals surface area contributed by atoms with Crippen molar-refractivity contribution in [3.05, 3.63) is 30.2 Å². The zero-order chi connectivity index (χ0) is 15.2. The van der Waals surface area contributed by atoms with E-state index in [0.717, 1.165) is 0 Å². The molecule has 0 aliphatic rings. The Kier molecular flexibility index (Phi) is 4.65. The van der Waals surface area contributed by atoms with Crippen LogP contribution in [0.4, 0.5) is 5.69 Å². The molecule has 1 amide bonds. The number of esters is 1. The molecule has 0 atom stereocenters. The topological polar surface area (TPSA) is 94.3 Å². The van der Waals surface area contributed by atoms with Crippen molar-refractivity contribution in [1.29, 1.82) is 0 Å². The predicted molar refractivity (Wildman–Crippen MR) is 74.4 cm³/mol. The molecule has 1 aromatic heterocycles. The first kappa shape index (κ1) is 14.7. The average molecular weight is 289 g/mol. The third-order valence-corrected chi connectivity index (χ3v) is 2.70. The van der Waals surface area contributed by atoms with Gasteiger partial charge in [0.25, 0.3) is 0 Å². The fourth-order valence-electron chi connectivity index (χ4n) is 1.68. The van der Waals surface area contributed by atoms with Crippen molar-refractivity contribution in [1.82, 2.24) is 10.2 Å². The van der Waals surface area contributed by atoms with Gasteiger partial charge in [-0.05, 0) is 18.2 Å². The number of aryl methyl sites for hydroxylation is 1. The highest BCUT2D eigenvalue weighted by Crippen LogP contribution is 2.21. The van der Waals surface area contributed by atoms with Gasteiger partial charge in [0.05, 0.1) is 13.5 Å². The summed E-state index contributed by atoms with van der Waals surface area (Å²) in [5, 5.41) is 10.4. The summed E-state index contributed by atoms with van der Waals surface area (Å²) in [5.74, 6) is 0.176. The maximum absolute atomic E-state index is 11.7. The minimum Gasteiger partial charge on any atom is -0.469 e. The minimum absolute atomic E-state index is 0.0465. The van der Waals surface area contributed by atoms with Gasteiger partial charge in [-0.3, -0.25) is 9.59 Å². The summed E-state index contributed by atoms with van der Waals surface area (Å²) in [7, 11) is 1.29. The molecular weight excluding hydrogens is 274 g/mol. The highest BCUT2D eigenvalue weighted by molar-refractivity contribution is 5.93. The molecule has 0 aliphatic carbocycles. The number of nitrogens with zero attached hydrogens (tertiary/aromatic N) is 2. The third-order valence-electron chi connectivity index (χ3n) is 2.70. The largest absolute Gasteiger partial charge is 0.469 e. The fourth-order valence-corrected chi connectivity index (χ4v) is 1.68. The number of carbonyl (C=O) groups is 2. The van der Waals surface area contributed by atoms with Gasteiger partial charge in [0.1, 0.15) is 0 Å². The van der Waals surface area contributed by atoms with E-state index >= 15 is 0 Å². The summed E-state index contributed by atoms with van der Waals surface area (Å²) in [6.45, 7) is 1.70. The van der Waals surface area contributed by atoms with Crippen molar-refractivity contribution in [2.45, 2.75) is 19.8 Å². The summed E-state index contributed by atoms with van der Waals surface area (Å²) in [5.41, 5.74) is 1.31. The van der Waals surface area contributed by atoms with Crippen LogP contribution in [0, 0.1) is 6.92 Å². The van der Waals surface area contributed by atoms with Crippen LogP contribution in [0.15, 0.2) is 28.7 Å². The Morgan fingerprint density at radius 2 is 2.10 bits per heavy atom. The standard InChI is InChI=1S/C14H15N3O4/c1-9-16-17-14(21-9)10-4-3-5-11(8-10)15-12(18)6-7-13(19)20-2/h3-5,8H,6-7H2,1-2H3,(H,15,18). The normalized spacial score (nSPS) is 10.2. The van der Waals surface area contributed by atoms with E-state index in [1.807, 2.05) is 0 Å². The van der Waals surface area contributed by atoms with Gasteiger partial charge < -0.3 is 14.5 Å². The monoisotopic (exact) mass is 289 g/mol. The summed E-state index contributed by atoms with van der Waals surface area (Å²) in [6.07, 6.45) is 0.113. The molecule has 2 aromatic rings. The van der Waals surface area contributed by atoms with Gasteiger partial charge in [0, 0.05) is 24.6 Å². The molecule has 7 nitrogen and oxygen atoms in total. The van der Waals surface area contributed by atoms with Crippen molar-refractivity contribution in [3.63, 3.8) is 0 Å². The van der Waals surface area contributed by atoms with E-state index in [-0.39, 0.29) is 18.7 Å². The summed E-state index contributed by atoms with van der Waals surface area (Å²) in [4.78, 5) is 22.7. The Morgan fingerprint density at radius 3 is 2.76 bits per heavy atom. The van der Waals surface area contributed by atoms with Gasteiger partial charge >= 0.3 is 5.97 Å². The van der Waals surface area contributed by atoms with Crippen LogP contribution in [0.2, 0.25) is 0 Å². The number of anilines is 1. The van der Waals surface area contributed by atoms with Gasteiger partial charge in [-0.2, -0.15) is 0 Å². The molecule has 1 aromatic carbocycles. The molecule has 0 fully saturated rings. The van der Waals surface area contributed by atoms with Crippen LogP contribution >= 0.6 is 0 Å². The first-order valence-electron chi connectivity index (χ1n) is 6.35. The highest BCUT2D eigenvalue weighted by Gasteiger charge is 2.09. The van der Waals surface area contributed by atoms with Gasteiger partial charge in [0.2, 0.25) is 17.7 Å². The zero-order valence-electron chi connectivity index (χ0n) is 11.8. The molecule has 0 saturated heterocycles. The van der Waals surface area contributed by atoms with Crippen LogP contribution in [0.25, 0.3) is 11.5 Å². The van der Waals surface area contributed by atoms with Crippen LogP contribution in [0.3, 0.4) is 0 Å². The van der Waals surface area contributed by atoms with Gasteiger partial charge in [-0.25, -0.2) is 0 Å². The first-order chi connectivity index (χ1) is 10.1. The Labute approximate surface area is 121 Å². The zero-order valence-corrected chi connectivity index (χ0v) is 11.8. The number of rotatable bonds is 5. The van der Waals surface area contributed by atoms with Crippen molar-refractivity contribution >= 4 is 17.6 Å². The van der Waals surface area contributed by atoms with Crippen LogP contribution in [0.1, 0.15) is 18.7 Å².